The average Bonchev–Trinajstić information content (AvgIpc) is 2.71. The summed E-state index contributed by atoms with van der Waals surface area (Å²) in [6.45, 7) is 4.97. The predicted molar refractivity (Wildman–Crippen MR) is 66.7 cm³/mol. The normalized spacial score (nSPS) is 44.1. The molecule has 0 unspecified atom stereocenters. The van der Waals surface area contributed by atoms with Crippen LogP contribution in [-0.2, 0) is 9.53 Å². The molecule has 18 heavy (non-hydrogen) atoms. The number of hydrogen-bond donors (Lipinski definition) is 1. The second kappa shape index (κ2) is 4.20. The molecule has 1 spiro atoms. The van der Waals surface area contributed by atoms with Gasteiger partial charge < -0.3 is 14.7 Å². The van der Waals surface area contributed by atoms with Crippen molar-refractivity contribution >= 4 is 5.91 Å². The van der Waals surface area contributed by atoms with Crippen LogP contribution in [0.3, 0.4) is 0 Å². The quantitative estimate of drug-likeness (QED) is 0.771. The van der Waals surface area contributed by atoms with E-state index in [2.05, 4.69) is 13.8 Å². The number of rotatable bonds is 1. The Morgan fingerprint density at radius 1 is 1.44 bits per heavy atom. The van der Waals surface area contributed by atoms with E-state index in [0.29, 0.717) is 24.9 Å². The molecule has 4 heteroatoms. The summed E-state index contributed by atoms with van der Waals surface area (Å²) in [7, 11) is 0. The van der Waals surface area contributed by atoms with E-state index in [1.54, 1.807) is 0 Å². The fourth-order valence-electron chi connectivity index (χ4n) is 4.02. The van der Waals surface area contributed by atoms with Gasteiger partial charge in [0, 0.05) is 12.3 Å². The Morgan fingerprint density at radius 3 is 2.94 bits per heavy atom. The molecule has 102 valence electrons. The van der Waals surface area contributed by atoms with Crippen molar-refractivity contribution in [3.8, 4) is 0 Å². The molecule has 1 N–H and O–H groups in total. The van der Waals surface area contributed by atoms with Crippen molar-refractivity contribution in [3.63, 3.8) is 0 Å². The lowest BCUT2D eigenvalue weighted by Gasteiger charge is -2.51. The topological polar surface area (TPSA) is 49.8 Å². The molecule has 4 nitrogen and oxygen atoms in total. The van der Waals surface area contributed by atoms with E-state index in [4.69, 9.17) is 4.74 Å². The van der Waals surface area contributed by atoms with Gasteiger partial charge in [-0.3, -0.25) is 4.79 Å². The predicted octanol–water partition coefficient (Wildman–Crippen LogP) is 1.52. The van der Waals surface area contributed by atoms with Crippen LogP contribution in [0.15, 0.2) is 0 Å². The number of carbonyl (C=O) groups is 1. The lowest BCUT2D eigenvalue weighted by atomic mass is 9.73. The molecular formula is C14H23NO3. The van der Waals surface area contributed by atoms with Crippen LogP contribution in [0, 0.1) is 11.8 Å². The third kappa shape index (κ3) is 1.62. The Labute approximate surface area is 108 Å². The van der Waals surface area contributed by atoms with E-state index in [0.717, 1.165) is 25.7 Å². The Balaban J connectivity index is 1.93. The maximum Gasteiger partial charge on any atom is 0.225 e. The van der Waals surface area contributed by atoms with Gasteiger partial charge in [-0.1, -0.05) is 13.8 Å². The molecule has 2 heterocycles. The van der Waals surface area contributed by atoms with E-state index in [-0.39, 0.29) is 23.8 Å². The number of aliphatic hydroxyl groups is 1. The highest BCUT2D eigenvalue weighted by Crippen LogP contribution is 2.50. The molecule has 3 rings (SSSR count). The van der Waals surface area contributed by atoms with Crippen LogP contribution in [0.5, 0.6) is 0 Å². The molecule has 2 aliphatic heterocycles. The second-order valence-corrected chi connectivity index (χ2v) is 6.39. The van der Waals surface area contributed by atoms with E-state index in [9.17, 15) is 9.90 Å². The Hall–Kier alpha value is -0.610. The molecule has 4 atom stereocenters. The van der Waals surface area contributed by atoms with Gasteiger partial charge in [-0.15, -0.1) is 0 Å². The molecule has 0 aromatic rings. The van der Waals surface area contributed by atoms with Crippen LogP contribution in [0.1, 0.15) is 46.0 Å². The summed E-state index contributed by atoms with van der Waals surface area (Å²) in [6, 6.07) is 0.218. The van der Waals surface area contributed by atoms with Gasteiger partial charge >= 0.3 is 0 Å². The number of amides is 1. The summed E-state index contributed by atoms with van der Waals surface area (Å²) in [4.78, 5) is 14.3. The Bertz CT molecular complexity index is 357. The van der Waals surface area contributed by atoms with Crippen molar-refractivity contribution in [2.75, 3.05) is 6.61 Å². The first kappa shape index (κ1) is 12.4. The van der Waals surface area contributed by atoms with E-state index in [1.807, 2.05) is 4.90 Å². The van der Waals surface area contributed by atoms with E-state index < -0.39 is 0 Å². The van der Waals surface area contributed by atoms with E-state index in [1.165, 1.54) is 0 Å². The zero-order chi connectivity index (χ0) is 12.9. The fourth-order valence-corrected chi connectivity index (χ4v) is 4.02. The summed E-state index contributed by atoms with van der Waals surface area (Å²) >= 11 is 0. The zero-order valence-electron chi connectivity index (χ0n) is 11.3. The molecule has 0 aromatic heterocycles. The number of hydrogen-bond acceptors (Lipinski definition) is 3. The summed E-state index contributed by atoms with van der Waals surface area (Å²) in [5.74, 6) is 1.00. The first-order valence-electron chi connectivity index (χ1n) is 7.19. The van der Waals surface area contributed by atoms with Gasteiger partial charge in [0.15, 0.2) is 0 Å². The highest BCUT2D eigenvalue weighted by Gasteiger charge is 2.58. The number of piperidine rings is 1. The van der Waals surface area contributed by atoms with Crippen molar-refractivity contribution in [1.82, 2.24) is 4.90 Å². The summed E-state index contributed by atoms with van der Waals surface area (Å²) < 4.78 is 6.14. The van der Waals surface area contributed by atoms with Crippen molar-refractivity contribution in [2.45, 2.75) is 63.8 Å². The van der Waals surface area contributed by atoms with Crippen molar-refractivity contribution in [3.05, 3.63) is 0 Å². The van der Waals surface area contributed by atoms with Crippen molar-refractivity contribution in [1.29, 1.82) is 0 Å². The van der Waals surface area contributed by atoms with E-state index >= 15 is 0 Å². The minimum Gasteiger partial charge on any atom is -0.393 e. The average molecular weight is 253 g/mol. The van der Waals surface area contributed by atoms with Crippen molar-refractivity contribution in [2.24, 2.45) is 11.8 Å². The van der Waals surface area contributed by atoms with Gasteiger partial charge in [0.1, 0.15) is 5.72 Å². The van der Waals surface area contributed by atoms with Crippen LogP contribution >= 0.6 is 0 Å². The van der Waals surface area contributed by atoms with Crippen LogP contribution in [0.2, 0.25) is 0 Å². The monoisotopic (exact) mass is 253 g/mol. The molecule has 3 aliphatic rings. The fraction of sp³-hybridized carbons (Fsp3) is 0.929. The number of carbonyl (C=O) groups excluding carboxylic acids is 1. The van der Waals surface area contributed by atoms with Crippen LogP contribution in [0.4, 0.5) is 0 Å². The van der Waals surface area contributed by atoms with Crippen LogP contribution in [-0.4, -0.2) is 40.4 Å². The van der Waals surface area contributed by atoms with Gasteiger partial charge in [0.2, 0.25) is 5.91 Å². The third-order valence-corrected chi connectivity index (χ3v) is 5.02. The summed E-state index contributed by atoms with van der Waals surface area (Å²) in [6.07, 6.45) is 3.62. The highest BCUT2D eigenvalue weighted by atomic mass is 16.5. The third-order valence-electron chi connectivity index (χ3n) is 5.02. The molecule has 0 aromatic carbocycles. The molecule has 1 aliphatic carbocycles. The van der Waals surface area contributed by atoms with Gasteiger partial charge in [0.25, 0.3) is 0 Å². The summed E-state index contributed by atoms with van der Waals surface area (Å²) in [5.41, 5.74) is -0.385. The van der Waals surface area contributed by atoms with Gasteiger partial charge in [-0.2, -0.15) is 0 Å². The second-order valence-electron chi connectivity index (χ2n) is 6.39. The van der Waals surface area contributed by atoms with Crippen LogP contribution < -0.4 is 0 Å². The zero-order valence-corrected chi connectivity index (χ0v) is 11.3. The molecule has 3 fully saturated rings. The number of ether oxygens (including phenoxy) is 1. The maximum absolute atomic E-state index is 12.3. The number of aliphatic hydroxyl groups excluding tert-OH is 1. The first-order chi connectivity index (χ1) is 8.54. The van der Waals surface area contributed by atoms with Crippen LogP contribution in [0.25, 0.3) is 0 Å². The highest BCUT2D eigenvalue weighted by molar-refractivity contribution is 5.78. The number of nitrogens with zero attached hydrogens (tertiary/aromatic N) is 1. The van der Waals surface area contributed by atoms with Gasteiger partial charge in [-0.05, 0) is 31.6 Å². The molecule has 0 radical (unpaired) electrons. The Morgan fingerprint density at radius 2 is 2.22 bits per heavy atom. The molecule has 2 saturated heterocycles. The van der Waals surface area contributed by atoms with Crippen molar-refractivity contribution < 1.29 is 14.6 Å². The maximum atomic E-state index is 12.3. The lowest BCUT2D eigenvalue weighted by molar-refractivity contribution is -0.194. The molecule has 1 saturated carbocycles. The Kier molecular flexibility index (Phi) is 2.90. The lowest BCUT2D eigenvalue weighted by Crippen LogP contribution is -2.62. The standard InChI is InChI=1S/C14H23NO3/c1-9(2)12-8-18-14-6-5-11(16)7-10(14)3-4-13(17)15(12)14/h9-12,16H,3-8H2,1-2H3/t10-,11-,12-,14-/m1/s1. The molecule has 0 bridgehead atoms. The summed E-state index contributed by atoms with van der Waals surface area (Å²) in [5, 5.41) is 9.85. The first-order valence-corrected chi connectivity index (χ1v) is 7.19. The largest absolute Gasteiger partial charge is 0.393 e. The molecular weight excluding hydrogens is 230 g/mol. The SMILES string of the molecule is CC(C)[C@H]1CO[C@]23CC[C@@H](O)C[C@H]2CCC(=O)N13. The molecule has 1 amide bonds. The van der Waals surface area contributed by atoms with Gasteiger partial charge in [0.05, 0.1) is 18.8 Å². The minimum atomic E-state index is -0.385. The van der Waals surface area contributed by atoms with Gasteiger partial charge in [-0.25, -0.2) is 0 Å². The minimum absolute atomic E-state index is 0.211. The smallest absolute Gasteiger partial charge is 0.225 e.